The van der Waals surface area contributed by atoms with E-state index >= 15 is 0 Å². The molecule has 14 nitrogen and oxygen atoms in total. The molecular weight excluding hydrogens is 685 g/mol. The predicted molar refractivity (Wildman–Crippen MR) is 183 cm³/mol. The number of aliphatic hydroxyl groups excluding tert-OH is 2. The van der Waals surface area contributed by atoms with Crippen LogP contribution in [0.2, 0.25) is 2.82 Å². The highest BCUT2D eigenvalue weighted by Crippen LogP contribution is 2.52. The molecule has 2 aliphatic rings. The van der Waals surface area contributed by atoms with Gasteiger partial charge in [0.05, 0.1) is 11.4 Å². The molecule has 0 amide bonds. The van der Waals surface area contributed by atoms with Crippen molar-refractivity contribution in [2.45, 2.75) is 35.5 Å². The Labute approximate surface area is 290 Å². The summed E-state index contributed by atoms with van der Waals surface area (Å²) in [6.45, 7) is 3.13. The first-order valence-electron chi connectivity index (χ1n) is 15.8. The summed E-state index contributed by atoms with van der Waals surface area (Å²) in [6, 6.07) is 21.1. The van der Waals surface area contributed by atoms with Crippen LogP contribution in [0.1, 0.15) is 44.5 Å². The van der Waals surface area contributed by atoms with Crippen molar-refractivity contribution in [1.82, 2.24) is 0 Å². The van der Waals surface area contributed by atoms with Crippen LogP contribution in [0.25, 0.3) is 22.5 Å². The molecule has 4 atom stereocenters. The molecular formula is C34H32N6O8S2. The van der Waals surface area contributed by atoms with Crippen LogP contribution >= 0.6 is 0 Å². The van der Waals surface area contributed by atoms with Crippen LogP contribution in [-0.2, 0) is 29.7 Å². The van der Waals surface area contributed by atoms with Gasteiger partial charge < -0.3 is 21.7 Å². The van der Waals surface area contributed by atoms with Crippen LogP contribution in [0, 0.1) is 24.9 Å². The maximum Gasteiger partial charge on any atom is 0.282 e. The maximum absolute atomic E-state index is 13.5. The molecule has 0 aromatic heterocycles. The maximum atomic E-state index is 13.5. The van der Waals surface area contributed by atoms with Gasteiger partial charge in [-0.15, -0.1) is 0 Å². The van der Waals surface area contributed by atoms with E-state index in [1.165, 1.54) is 60.7 Å². The van der Waals surface area contributed by atoms with E-state index in [4.69, 9.17) is 14.3 Å². The minimum absolute atomic E-state index is 0.0232. The molecule has 0 radical (unpaired) electrons. The Morgan fingerprint density at radius 2 is 1.00 bits per heavy atom. The minimum atomic E-state index is -5.21. The van der Waals surface area contributed by atoms with E-state index < -0.39 is 53.3 Å². The van der Waals surface area contributed by atoms with Crippen molar-refractivity contribution in [2.24, 2.45) is 21.7 Å². The van der Waals surface area contributed by atoms with Crippen LogP contribution in [0.3, 0.4) is 0 Å². The topological polar surface area (TPSA) is 274 Å². The van der Waals surface area contributed by atoms with Crippen molar-refractivity contribution in [2.75, 3.05) is 0 Å². The highest BCUT2D eigenvalue weighted by atomic mass is 32.2. The van der Waals surface area contributed by atoms with Crippen LogP contribution in [0.5, 0.6) is 0 Å². The van der Waals surface area contributed by atoms with Crippen LogP contribution in [0.15, 0.2) is 107 Å². The van der Waals surface area contributed by atoms with E-state index in [0.717, 1.165) is 0 Å². The van der Waals surface area contributed by atoms with Gasteiger partial charge in [-0.3, -0.25) is 9.11 Å². The first kappa shape index (κ1) is 32.1. The number of hydrogen-bond acceptors (Lipinski definition) is 12. The molecule has 258 valence electrons. The summed E-state index contributed by atoms with van der Waals surface area (Å²) >= 11 is 0. The first-order valence-corrected chi connectivity index (χ1v) is 17.8. The molecule has 4 aromatic carbocycles. The fourth-order valence-corrected chi connectivity index (χ4v) is 10.2. The number of hydrogen-bond donors (Lipinski definition) is 8. The molecule has 4 unspecified atom stereocenters. The lowest BCUT2D eigenvalue weighted by atomic mass is 9.74. The molecule has 0 aliphatic heterocycles. The molecule has 0 heterocycles. The Morgan fingerprint density at radius 3 is 1.32 bits per heavy atom. The number of nitrogens with one attached hydrogen (secondary N) is 2. The van der Waals surface area contributed by atoms with Gasteiger partial charge in [0.15, 0.2) is 9.49 Å². The van der Waals surface area contributed by atoms with Crippen molar-refractivity contribution >= 4 is 31.6 Å². The highest BCUT2D eigenvalue weighted by Gasteiger charge is 2.59. The second-order valence-electron chi connectivity index (χ2n) is 12.2. The van der Waals surface area contributed by atoms with Gasteiger partial charge in [0.1, 0.15) is 23.6 Å². The molecule has 10 N–H and O–H groups in total. The summed E-state index contributed by atoms with van der Waals surface area (Å²) in [4.78, 5) is 0. The van der Waals surface area contributed by atoms with Crippen molar-refractivity contribution in [1.29, 1.82) is 11.0 Å². The molecule has 6 rings (SSSR count). The second-order valence-corrected chi connectivity index (χ2v) is 15.4. The van der Waals surface area contributed by atoms with Crippen molar-refractivity contribution in [3.63, 3.8) is 0 Å². The van der Waals surface area contributed by atoms with Crippen LogP contribution in [-0.4, -0.2) is 48.4 Å². The Hall–Kier alpha value is -5.10. The van der Waals surface area contributed by atoms with Gasteiger partial charge in [-0.2, -0.15) is 27.1 Å². The monoisotopic (exact) mass is 716 g/mol. The van der Waals surface area contributed by atoms with Gasteiger partial charge in [-0.25, -0.2) is 11.0 Å². The fraction of sp³-hybridized carbons (Fsp3) is 0.176. The van der Waals surface area contributed by atoms with E-state index in [9.17, 15) is 36.2 Å². The average molecular weight is 717 g/mol. The summed E-state index contributed by atoms with van der Waals surface area (Å²) in [5, 5.41) is 30.5. The number of fused-ring (bicyclic) bond motifs is 2. The summed E-state index contributed by atoms with van der Waals surface area (Å²) in [7, 11) is -10.4. The van der Waals surface area contributed by atoms with Crippen molar-refractivity contribution in [3.05, 3.63) is 141 Å². The third-order valence-corrected chi connectivity index (χ3v) is 12.6. The summed E-state index contributed by atoms with van der Waals surface area (Å²) in [5.41, 5.74) is 19.1. The highest BCUT2D eigenvalue weighted by molar-refractivity contribution is 7.87. The minimum Gasteiger partial charge on any atom is -0.397 e. The van der Waals surface area contributed by atoms with Gasteiger partial charge in [-0.05, 0) is 58.4 Å². The van der Waals surface area contributed by atoms with Crippen molar-refractivity contribution in [3.8, 4) is 11.1 Å². The molecule has 4 aromatic rings. The standard InChI is InChI=1S/C34H32N6O8S2/c1-17-15-19(11-13-23(17)33(49(43,44)45)25-9-5-3-7-21(25)27(35)29(39-37)31(33)41)20-12-14-24(18(2)16-20)34(50(46,47)48)26-10-6-4-8-22(26)28(36)30(40-38)32(34)42/h3-16,31-32,37-38,41-42H,35-36H2,1-2H3,(H,43,44,45)(H,46,47,48)/b39-37+,40-38+. The predicted octanol–water partition coefficient (Wildman–Crippen LogP) is 4.30. The Balaban J connectivity index is 1.54. The zero-order chi connectivity index (χ0) is 38.0. The number of nitrogens with two attached hydrogens (primary N) is 2. The molecule has 0 fully saturated rings. The SMILES string of the molecule is [H]/N=N/C1=C(N)c2ccccc2C(c2ccc(-c3ccc(C4(S(=O)(=O)O)c5ccccc5C(N)=C(/N=N/[H])C4O)c(C)c3)cc2C)(S(=O)(=O)O)C1O. The van der Waals surface area contributed by atoms with Gasteiger partial charge in [-0.1, -0.05) is 84.9 Å². The number of benzene rings is 4. The number of nitrogens with zero attached hydrogens (tertiary/aromatic N) is 2. The second kappa shape index (κ2) is 11.8. The lowest BCUT2D eigenvalue weighted by molar-refractivity contribution is 0.162. The molecule has 2 aliphatic carbocycles. The molecule has 0 saturated carbocycles. The molecule has 50 heavy (non-hydrogen) atoms. The smallest absolute Gasteiger partial charge is 0.282 e. The van der Waals surface area contributed by atoms with Gasteiger partial charge >= 0.3 is 0 Å². The van der Waals surface area contributed by atoms with E-state index in [1.807, 2.05) is 0 Å². The van der Waals surface area contributed by atoms with Gasteiger partial charge in [0, 0.05) is 11.1 Å². The van der Waals surface area contributed by atoms with E-state index in [-0.39, 0.29) is 44.8 Å². The zero-order valence-electron chi connectivity index (χ0n) is 28.4. The van der Waals surface area contributed by atoms with Gasteiger partial charge in [0.25, 0.3) is 20.2 Å². The third kappa shape index (κ3) is 4.53. The average Bonchev–Trinajstić information content (AvgIpc) is 3.09. The van der Waals surface area contributed by atoms with E-state index in [2.05, 4.69) is 21.3 Å². The Kier molecular flexibility index (Phi) is 7.55. The van der Waals surface area contributed by atoms with Crippen LogP contribution in [0.4, 0.5) is 0 Å². The van der Waals surface area contributed by atoms with Gasteiger partial charge in [0.2, 0.25) is 2.82 Å². The third-order valence-electron chi connectivity index (χ3n) is 9.69. The number of aryl methyl sites for hydroxylation is 2. The molecule has 0 saturated heterocycles. The zero-order valence-corrected chi connectivity index (χ0v) is 28.1. The Bertz CT molecular complexity index is 2340. The first-order chi connectivity index (χ1) is 24.5. The molecule has 16 heteroatoms. The summed E-state index contributed by atoms with van der Waals surface area (Å²) in [5.74, 6) is 0. The lowest BCUT2D eigenvalue weighted by Gasteiger charge is -2.41. The fourth-order valence-electron chi connectivity index (χ4n) is 7.49. The van der Waals surface area contributed by atoms with E-state index in [1.54, 1.807) is 38.1 Å². The largest absolute Gasteiger partial charge is 0.397 e. The molecule has 0 spiro atoms. The number of rotatable bonds is 7. The summed E-state index contributed by atoms with van der Waals surface area (Å²) < 4.78 is 85.1. The lowest BCUT2D eigenvalue weighted by Crippen LogP contribution is -2.51. The normalized spacial score (nSPS) is 24.7. The quantitative estimate of drug-likeness (QED) is 0.0992. The number of aliphatic hydroxyl groups is 2. The van der Waals surface area contributed by atoms with Crippen LogP contribution < -0.4 is 11.5 Å². The Morgan fingerprint density at radius 1 is 0.640 bits per heavy atom. The van der Waals surface area contributed by atoms with Crippen molar-refractivity contribution < 1.29 is 39.0 Å². The molecule has 0 bridgehead atoms. The summed E-state index contributed by atoms with van der Waals surface area (Å²) in [6.07, 6.45) is -4.16. The van der Waals surface area contributed by atoms with E-state index in [0.29, 0.717) is 22.3 Å².